The summed E-state index contributed by atoms with van der Waals surface area (Å²) in [5, 5.41) is 0. The molecule has 1 aromatic rings. The largest absolute Gasteiger partial charge is 0.462 e. The Hall–Kier alpha value is -2.10. The van der Waals surface area contributed by atoms with Gasteiger partial charge in [0.25, 0.3) is 0 Å². The molecule has 2 saturated carbocycles. The molecule has 1 heterocycles. The molecule has 5 atom stereocenters. The van der Waals surface area contributed by atoms with E-state index in [0.29, 0.717) is 11.8 Å². The monoisotopic (exact) mass is 378 g/mol. The summed E-state index contributed by atoms with van der Waals surface area (Å²) in [6.45, 7) is 6.42. The number of fused-ring (bicyclic) bond motifs is 5. The van der Waals surface area contributed by atoms with E-state index in [1.165, 1.54) is 31.0 Å². The number of carbonyl (C=O) groups is 1. The minimum Gasteiger partial charge on any atom is -0.462 e. The van der Waals surface area contributed by atoms with Crippen molar-refractivity contribution in [3.8, 4) is 0 Å². The molecule has 5 unspecified atom stereocenters. The molecule has 4 heteroatoms. The van der Waals surface area contributed by atoms with E-state index < -0.39 is 0 Å². The third kappa shape index (κ3) is 2.49. The maximum absolute atomic E-state index is 11.4. The molecule has 0 amide bonds. The molecule has 2 fully saturated rings. The second-order valence-corrected chi connectivity index (χ2v) is 9.58. The summed E-state index contributed by atoms with van der Waals surface area (Å²) in [5.41, 5.74) is 4.90. The highest BCUT2D eigenvalue weighted by Gasteiger charge is 2.54. The van der Waals surface area contributed by atoms with E-state index in [9.17, 15) is 4.79 Å². The first-order valence-electron chi connectivity index (χ1n) is 10.7. The zero-order valence-corrected chi connectivity index (χ0v) is 17.1. The summed E-state index contributed by atoms with van der Waals surface area (Å²) in [6, 6.07) is 0. The van der Waals surface area contributed by atoms with Gasteiger partial charge in [0.05, 0.1) is 6.33 Å². The van der Waals surface area contributed by atoms with Gasteiger partial charge in [-0.15, -0.1) is 0 Å². The molecule has 4 aliphatic rings. The maximum Gasteiger partial charge on any atom is 0.302 e. The summed E-state index contributed by atoms with van der Waals surface area (Å²) in [6.07, 6.45) is 19.8. The number of imidazole rings is 1. The number of ether oxygens (including phenoxy) is 1. The second kappa shape index (κ2) is 6.20. The number of esters is 1. The molecule has 0 aromatic carbocycles. The molecule has 0 radical (unpaired) electrons. The van der Waals surface area contributed by atoms with E-state index in [1.54, 1.807) is 5.57 Å². The van der Waals surface area contributed by atoms with Crippen LogP contribution in [0, 0.1) is 22.7 Å². The highest BCUT2D eigenvalue weighted by Crippen LogP contribution is 2.64. The predicted molar refractivity (Wildman–Crippen MR) is 109 cm³/mol. The first-order valence-corrected chi connectivity index (χ1v) is 10.7. The second-order valence-electron chi connectivity index (χ2n) is 9.58. The highest BCUT2D eigenvalue weighted by molar-refractivity contribution is 5.67. The smallest absolute Gasteiger partial charge is 0.302 e. The minimum absolute atomic E-state index is 0.0717. The van der Waals surface area contributed by atoms with Gasteiger partial charge in [-0.05, 0) is 55.4 Å². The van der Waals surface area contributed by atoms with Crippen LogP contribution in [0.3, 0.4) is 0 Å². The Bertz CT molecular complexity index is 894. The Labute approximate surface area is 167 Å². The van der Waals surface area contributed by atoms with Crippen LogP contribution in [-0.4, -0.2) is 21.6 Å². The zero-order chi connectivity index (χ0) is 19.5. The van der Waals surface area contributed by atoms with Crippen LogP contribution in [-0.2, 0) is 9.53 Å². The van der Waals surface area contributed by atoms with Crippen LogP contribution in [0.2, 0.25) is 0 Å². The van der Waals surface area contributed by atoms with Crippen molar-refractivity contribution in [2.24, 2.45) is 22.7 Å². The van der Waals surface area contributed by atoms with Crippen molar-refractivity contribution < 1.29 is 9.53 Å². The molecule has 0 spiro atoms. The topological polar surface area (TPSA) is 44.1 Å². The first kappa shape index (κ1) is 18.0. The van der Waals surface area contributed by atoms with Crippen LogP contribution < -0.4 is 0 Å². The van der Waals surface area contributed by atoms with Gasteiger partial charge < -0.3 is 9.30 Å². The summed E-state index contributed by atoms with van der Waals surface area (Å²) in [4.78, 5) is 15.7. The third-order valence-electron chi connectivity index (χ3n) is 8.18. The fourth-order valence-electron chi connectivity index (χ4n) is 6.72. The van der Waals surface area contributed by atoms with E-state index in [1.807, 2.05) is 12.5 Å². The molecule has 1 aromatic heterocycles. The first-order chi connectivity index (χ1) is 13.4. The van der Waals surface area contributed by atoms with Gasteiger partial charge in [0.15, 0.2) is 0 Å². The fourth-order valence-corrected chi connectivity index (χ4v) is 6.72. The highest BCUT2D eigenvalue weighted by atomic mass is 16.5. The van der Waals surface area contributed by atoms with Gasteiger partial charge >= 0.3 is 5.97 Å². The molecule has 0 bridgehead atoms. The molecular formula is C24H30N2O2. The molecule has 148 valence electrons. The van der Waals surface area contributed by atoms with Crippen molar-refractivity contribution in [3.63, 3.8) is 0 Å². The van der Waals surface area contributed by atoms with Crippen LogP contribution >= 0.6 is 0 Å². The van der Waals surface area contributed by atoms with Gasteiger partial charge in [0.1, 0.15) is 6.10 Å². The standard InChI is InChI=1S/C24H30N2O2/c1-16(27)28-18-8-10-23(2)17(14-18)4-5-19-20-6-7-22(26-13-12-25-15-26)24(20,3)11-9-21(19)23/h4,6-7,12-13,15,18-19,21H,5,8-11,14H2,1-3H3. The number of allylic oxidation sites excluding steroid dienone is 5. The molecule has 5 rings (SSSR count). The summed E-state index contributed by atoms with van der Waals surface area (Å²) < 4.78 is 7.75. The number of hydrogen-bond acceptors (Lipinski definition) is 3. The molecule has 4 nitrogen and oxygen atoms in total. The van der Waals surface area contributed by atoms with Gasteiger partial charge in [-0.2, -0.15) is 0 Å². The number of rotatable bonds is 2. The lowest BCUT2D eigenvalue weighted by Crippen LogP contribution is -2.47. The van der Waals surface area contributed by atoms with Crippen LogP contribution in [0.5, 0.6) is 0 Å². The van der Waals surface area contributed by atoms with E-state index in [2.05, 4.69) is 47.8 Å². The Morgan fingerprint density at radius 1 is 1.25 bits per heavy atom. The van der Waals surface area contributed by atoms with E-state index in [-0.39, 0.29) is 22.9 Å². The van der Waals surface area contributed by atoms with Crippen LogP contribution in [0.1, 0.15) is 59.3 Å². The van der Waals surface area contributed by atoms with E-state index in [4.69, 9.17) is 4.74 Å². The SMILES string of the molecule is CC(=O)OC1CCC2(C)C(=CCC3C4=CC=C(n5ccnc5)C4(C)CCC32)C1. The summed E-state index contributed by atoms with van der Waals surface area (Å²) in [7, 11) is 0. The van der Waals surface area contributed by atoms with Crippen molar-refractivity contribution in [2.45, 2.75) is 65.4 Å². The van der Waals surface area contributed by atoms with Gasteiger partial charge in [-0.25, -0.2) is 4.98 Å². The average Bonchev–Trinajstić information content (AvgIpc) is 3.28. The minimum atomic E-state index is -0.148. The number of hydrogen-bond donors (Lipinski definition) is 0. The van der Waals surface area contributed by atoms with Crippen molar-refractivity contribution >= 4 is 11.7 Å². The van der Waals surface area contributed by atoms with Crippen molar-refractivity contribution in [2.75, 3.05) is 0 Å². The lowest BCUT2D eigenvalue weighted by molar-refractivity contribution is -0.148. The Morgan fingerprint density at radius 2 is 2.11 bits per heavy atom. The third-order valence-corrected chi connectivity index (χ3v) is 8.18. The van der Waals surface area contributed by atoms with Crippen LogP contribution in [0.4, 0.5) is 0 Å². The Balaban J connectivity index is 1.43. The predicted octanol–water partition coefficient (Wildman–Crippen LogP) is 5.15. The quantitative estimate of drug-likeness (QED) is 0.528. The van der Waals surface area contributed by atoms with Gasteiger partial charge in [0, 0.05) is 36.9 Å². The molecule has 0 N–H and O–H groups in total. The lowest BCUT2D eigenvalue weighted by Gasteiger charge is -2.56. The molecular weight excluding hydrogens is 348 g/mol. The Kier molecular flexibility index (Phi) is 3.98. The van der Waals surface area contributed by atoms with E-state index in [0.717, 1.165) is 25.7 Å². The molecule has 4 aliphatic carbocycles. The number of carbonyl (C=O) groups excluding carboxylic acids is 1. The number of aromatic nitrogens is 2. The maximum atomic E-state index is 11.4. The fraction of sp³-hybridized carbons (Fsp3) is 0.583. The zero-order valence-electron chi connectivity index (χ0n) is 17.1. The van der Waals surface area contributed by atoms with Gasteiger partial charge in [0.2, 0.25) is 0 Å². The normalized spacial score (nSPS) is 39.1. The van der Waals surface area contributed by atoms with Crippen molar-refractivity contribution in [1.29, 1.82) is 0 Å². The summed E-state index contributed by atoms with van der Waals surface area (Å²) >= 11 is 0. The molecule has 28 heavy (non-hydrogen) atoms. The van der Waals surface area contributed by atoms with Crippen molar-refractivity contribution in [1.82, 2.24) is 9.55 Å². The lowest BCUT2D eigenvalue weighted by atomic mass is 9.49. The number of nitrogens with zero attached hydrogens (tertiary/aromatic N) is 2. The molecule has 0 saturated heterocycles. The van der Waals surface area contributed by atoms with Crippen LogP contribution in [0.15, 0.2) is 48.1 Å². The van der Waals surface area contributed by atoms with Gasteiger partial charge in [-0.1, -0.05) is 37.1 Å². The summed E-state index contributed by atoms with van der Waals surface area (Å²) in [5.74, 6) is 1.17. The average molecular weight is 379 g/mol. The van der Waals surface area contributed by atoms with Crippen molar-refractivity contribution in [3.05, 3.63) is 48.1 Å². The van der Waals surface area contributed by atoms with Crippen LogP contribution in [0.25, 0.3) is 5.70 Å². The molecule has 0 aliphatic heterocycles. The van der Waals surface area contributed by atoms with Gasteiger partial charge in [-0.3, -0.25) is 4.79 Å². The van der Waals surface area contributed by atoms with E-state index >= 15 is 0 Å². The Morgan fingerprint density at radius 3 is 2.86 bits per heavy atom.